The predicted molar refractivity (Wildman–Crippen MR) is 198 cm³/mol. The van der Waals surface area contributed by atoms with Gasteiger partial charge in [-0.1, -0.05) is 30.3 Å². The molecule has 4 aromatic carbocycles. The quantitative estimate of drug-likeness (QED) is 0.0565. The van der Waals surface area contributed by atoms with Gasteiger partial charge in [-0.15, -0.1) is 0 Å². The predicted octanol–water partition coefficient (Wildman–Crippen LogP) is 5.64. The third-order valence-corrected chi connectivity index (χ3v) is 6.93. The molecule has 0 aliphatic heterocycles. The molecule has 0 radical (unpaired) electrons. The molecular weight excluding hydrogens is 704 g/mol. The molecule has 0 aliphatic carbocycles. The Labute approximate surface area is 310 Å². The Hall–Kier alpha value is -6.84. The van der Waals surface area contributed by atoms with E-state index in [1.807, 2.05) is 12.1 Å². The summed E-state index contributed by atoms with van der Waals surface area (Å²) in [5.74, 6) is -3.29. The lowest BCUT2D eigenvalue weighted by molar-refractivity contribution is -0.139. The zero-order valence-electron chi connectivity index (χ0n) is 29.9. The molecule has 0 unspecified atom stereocenters. The fourth-order valence-electron chi connectivity index (χ4n) is 4.55. The molecule has 0 heterocycles. The number of aldehydes is 1. The normalized spacial score (nSPS) is 10.1. The summed E-state index contributed by atoms with van der Waals surface area (Å²) < 4.78 is 20.5. The molecule has 0 atom stereocenters. The maximum atomic E-state index is 12.1. The minimum Gasteiger partial charge on any atom is -0.496 e. The zero-order chi connectivity index (χ0) is 40.0. The molecule has 54 heavy (non-hydrogen) atoms. The number of amides is 2. The van der Waals surface area contributed by atoms with E-state index in [0.717, 1.165) is 28.7 Å². The van der Waals surface area contributed by atoms with Crippen LogP contribution in [0, 0.1) is 0 Å². The third kappa shape index (κ3) is 14.4. The number of rotatable bonds is 15. The Balaban J connectivity index is 0.000000300. The van der Waals surface area contributed by atoms with Crippen LogP contribution < -0.4 is 20.1 Å². The number of anilines is 2. The summed E-state index contributed by atoms with van der Waals surface area (Å²) in [5, 5.41) is 31.1. The number of para-hydroxylation sites is 2. The molecule has 5 N–H and O–H groups in total. The standard InChI is InChI=1S/C19H19NO5.C10H9NO5.C10H12O3/c1-24-12-14-11-13(7-9-17(14)25-2)8-10-18(21)20-16-6-4-3-5-15(16)19(22)23;12-8(5-9(13)14)11-7-4-2-1-3-6(7)10(15)16;1-12-7-9-5-8(6-11)3-4-10(9)13-2/h3-11H,12H2,1-2H3,(H,20,21)(H,22,23);1-4H,5H2,(H,11,12)(H,13,14)(H,15,16);3-6H,7H2,1-2H3/b10-8+;;. The minimum absolute atomic E-state index is 0.0380. The topological polar surface area (TPSA) is 224 Å². The number of aliphatic carboxylic acids is 1. The molecule has 15 nitrogen and oxygen atoms in total. The Bertz CT molecular complexity index is 1960. The summed E-state index contributed by atoms with van der Waals surface area (Å²) in [4.78, 5) is 65.8. The lowest BCUT2D eigenvalue weighted by Gasteiger charge is -2.08. The van der Waals surface area contributed by atoms with Crippen LogP contribution in [0.4, 0.5) is 11.4 Å². The molecule has 0 saturated carbocycles. The number of aromatic carboxylic acids is 2. The Morgan fingerprint density at radius 2 is 1.09 bits per heavy atom. The van der Waals surface area contributed by atoms with Gasteiger partial charge in [0.1, 0.15) is 24.2 Å². The van der Waals surface area contributed by atoms with Crippen LogP contribution in [-0.4, -0.2) is 79.8 Å². The van der Waals surface area contributed by atoms with Gasteiger partial charge in [-0.2, -0.15) is 0 Å². The average molecular weight is 745 g/mol. The van der Waals surface area contributed by atoms with Crippen molar-refractivity contribution in [3.05, 3.63) is 124 Å². The average Bonchev–Trinajstić information content (AvgIpc) is 3.14. The molecule has 4 aromatic rings. The van der Waals surface area contributed by atoms with Gasteiger partial charge in [-0.3, -0.25) is 19.2 Å². The van der Waals surface area contributed by atoms with E-state index in [0.29, 0.717) is 24.5 Å². The Morgan fingerprint density at radius 1 is 0.630 bits per heavy atom. The molecule has 2 amide bonds. The number of carboxylic acid groups (broad SMARTS) is 3. The van der Waals surface area contributed by atoms with Crippen molar-refractivity contribution in [2.24, 2.45) is 0 Å². The first kappa shape index (κ1) is 43.3. The number of benzene rings is 4. The number of ether oxygens (including phenoxy) is 4. The van der Waals surface area contributed by atoms with Crippen molar-refractivity contribution >= 4 is 53.5 Å². The second-order valence-electron chi connectivity index (χ2n) is 10.8. The van der Waals surface area contributed by atoms with Crippen molar-refractivity contribution in [3.63, 3.8) is 0 Å². The second-order valence-corrected chi connectivity index (χ2v) is 10.8. The fraction of sp³-hybridized carbons (Fsp3) is 0.179. The smallest absolute Gasteiger partial charge is 0.337 e. The molecule has 0 aliphatic rings. The molecule has 4 rings (SSSR count). The van der Waals surface area contributed by atoms with E-state index in [1.165, 1.54) is 30.3 Å². The lowest BCUT2D eigenvalue weighted by Crippen LogP contribution is -2.17. The maximum Gasteiger partial charge on any atom is 0.337 e. The number of carbonyl (C=O) groups is 6. The molecule has 0 spiro atoms. The molecule has 0 aromatic heterocycles. The number of hydrogen-bond acceptors (Lipinski definition) is 10. The first-order chi connectivity index (χ1) is 25.9. The van der Waals surface area contributed by atoms with Gasteiger partial charge in [0.15, 0.2) is 0 Å². The van der Waals surface area contributed by atoms with E-state index in [-0.39, 0.29) is 22.5 Å². The van der Waals surface area contributed by atoms with Crippen molar-refractivity contribution in [1.82, 2.24) is 0 Å². The number of carbonyl (C=O) groups excluding carboxylic acids is 3. The number of carboxylic acids is 3. The van der Waals surface area contributed by atoms with E-state index in [4.69, 9.17) is 34.3 Å². The largest absolute Gasteiger partial charge is 0.496 e. The SMILES string of the molecule is COCc1cc(/C=C/C(=O)Nc2ccccc2C(=O)O)ccc1OC.COCc1cc(C=O)ccc1OC.O=C(O)CC(=O)Nc1ccccc1C(=O)O. The van der Waals surface area contributed by atoms with Crippen LogP contribution in [-0.2, 0) is 37.1 Å². The molecule has 0 saturated heterocycles. The summed E-state index contributed by atoms with van der Waals surface area (Å²) >= 11 is 0. The van der Waals surface area contributed by atoms with E-state index in [2.05, 4.69) is 10.6 Å². The van der Waals surface area contributed by atoms with Crippen LogP contribution in [0.1, 0.15) is 54.2 Å². The fourth-order valence-corrected chi connectivity index (χ4v) is 4.55. The third-order valence-electron chi connectivity index (χ3n) is 6.93. The van der Waals surface area contributed by atoms with Gasteiger partial charge >= 0.3 is 17.9 Å². The van der Waals surface area contributed by atoms with Gasteiger partial charge < -0.3 is 44.9 Å². The summed E-state index contributed by atoms with van der Waals surface area (Å²) in [7, 11) is 6.37. The van der Waals surface area contributed by atoms with E-state index < -0.39 is 36.1 Å². The van der Waals surface area contributed by atoms with Gasteiger partial charge in [0.05, 0.1) is 49.9 Å². The first-order valence-electron chi connectivity index (χ1n) is 15.8. The Morgan fingerprint density at radius 3 is 1.54 bits per heavy atom. The van der Waals surface area contributed by atoms with Gasteiger partial charge in [-0.25, -0.2) is 9.59 Å². The van der Waals surface area contributed by atoms with E-state index in [1.54, 1.807) is 83.0 Å². The highest BCUT2D eigenvalue weighted by molar-refractivity contribution is 6.06. The molecular formula is C39H40N2O13. The van der Waals surface area contributed by atoms with Crippen LogP contribution >= 0.6 is 0 Å². The van der Waals surface area contributed by atoms with Crippen molar-refractivity contribution in [2.75, 3.05) is 39.1 Å². The van der Waals surface area contributed by atoms with E-state index in [9.17, 15) is 28.8 Å². The van der Waals surface area contributed by atoms with Gasteiger partial charge in [0, 0.05) is 37.0 Å². The van der Waals surface area contributed by atoms with Crippen LogP contribution in [0.15, 0.2) is 91.0 Å². The van der Waals surface area contributed by atoms with E-state index >= 15 is 0 Å². The summed E-state index contributed by atoms with van der Waals surface area (Å²) in [6.07, 6.45) is 3.08. The highest BCUT2D eigenvalue weighted by Crippen LogP contribution is 2.22. The summed E-state index contributed by atoms with van der Waals surface area (Å²) in [6.45, 7) is 0.841. The number of methoxy groups -OCH3 is 4. The molecule has 0 bridgehead atoms. The van der Waals surface area contributed by atoms with Crippen molar-refractivity contribution in [2.45, 2.75) is 19.6 Å². The Kier molecular flexibility index (Phi) is 18.3. The van der Waals surface area contributed by atoms with Crippen LogP contribution in [0.3, 0.4) is 0 Å². The number of nitrogens with one attached hydrogen (secondary N) is 2. The molecule has 15 heteroatoms. The molecule has 284 valence electrons. The van der Waals surface area contributed by atoms with Crippen molar-refractivity contribution < 1.29 is 63.0 Å². The van der Waals surface area contributed by atoms with Crippen LogP contribution in [0.5, 0.6) is 11.5 Å². The highest BCUT2D eigenvalue weighted by atomic mass is 16.5. The van der Waals surface area contributed by atoms with Crippen molar-refractivity contribution in [3.8, 4) is 11.5 Å². The minimum atomic E-state index is -1.27. The van der Waals surface area contributed by atoms with Crippen LogP contribution in [0.2, 0.25) is 0 Å². The number of hydrogen-bond donors (Lipinski definition) is 5. The lowest BCUT2D eigenvalue weighted by atomic mass is 10.1. The second kappa shape index (κ2) is 22.9. The van der Waals surface area contributed by atoms with Crippen LogP contribution in [0.25, 0.3) is 6.08 Å². The monoisotopic (exact) mass is 744 g/mol. The highest BCUT2D eigenvalue weighted by Gasteiger charge is 2.14. The summed E-state index contributed by atoms with van der Waals surface area (Å²) in [5.41, 5.74) is 3.47. The summed E-state index contributed by atoms with van der Waals surface area (Å²) in [6, 6.07) is 22.7. The zero-order valence-corrected chi connectivity index (χ0v) is 29.9. The van der Waals surface area contributed by atoms with Gasteiger partial charge in [-0.05, 0) is 66.2 Å². The van der Waals surface area contributed by atoms with Gasteiger partial charge in [0.25, 0.3) is 0 Å². The van der Waals surface area contributed by atoms with Crippen molar-refractivity contribution in [1.29, 1.82) is 0 Å². The first-order valence-corrected chi connectivity index (χ1v) is 15.8. The molecule has 0 fully saturated rings. The maximum absolute atomic E-state index is 12.1. The van der Waals surface area contributed by atoms with Gasteiger partial charge in [0.2, 0.25) is 11.8 Å².